The molecule has 0 radical (unpaired) electrons. The van der Waals surface area contributed by atoms with E-state index >= 15 is 0 Å². The van der Waals surface area contributed by atoms with Gasteiger partial charge in [-0.15, -0.1) is 0 Å². The molecule has 74 valence electrons. The molecule has 1 unspecified atom stereocenters. The number of thioether (sulfide) groups is 1. The summed E-state index contributed by atoms with van der Waals surface area (Å²) in [5, 5.41) is 14.7. The van der Waals surface area contributed by atoms with Gasteiger partial charge in [0, 0.05) is 0 Å². The van der Waals surface area contributed by atoms with Crippen LogP contribution in [0, 0.1) is 0 Å². The number of aliphatic hydroxyl groups excluding tert-OH is 1. The summed E-state index contributed by atoms with van der Waals surface area (Å²) >= 11 is 1.20. The molecule has 1 rings (SSSR count). The van der Waals surface area contributed by atoms with Gasteiger partial charge >= 0.3 is 0 Å². The van der Waals surface area contributed by atoms with Gasteiger partial charge in [0.2, 0.25) is 0 Å². The van der Waals surface area contributed by atoms with Crippen molar-refractivity contribution in [2.75, 3.05) is 13.7 Å². The molecule has 1 saturated heterocycles. The van der Waals surface area contributed by atoms with E-state index in [4.69, 9.17) is 4.74 Å². The van der Waals surface area contributed by atoms with Crippen LogP contribution in [-0.4, -0.2) is 30.2 Å². The van der Waals surface area contributed by atoms with E-state index in [-0.39, 0.29) is 22.3 Å². The zero-order valence-corrected chi connectivity index (χ0v) is 8.27. The Morgan fingerprint density at radius 2 is 2.54 bits per heavy atom. The summed E-state index contributed by atoms with van der Waals surface area (Å²) in [5.41, 5.74) is -0.190. The maximum absolute atomic E-state index is 11.2. The maximum atomic E-state index is 11.2. The van der Waals surface area contributed by atoms with Crippen LogP contribution in [0.5, 0.6) is 0 Å². The standard InChI is InChI=1S/C7H12N2O3S/c1-3-12-6(11)4-5(10)9-7(8-2)13-4/h7-8,11H,3H2,1-2H3,(H,9,10). The Hall–Kier alpha value is -0.880. The number of hydrogen-bond donors (Lipinski definition) is 3. The summed E-state index contributed by atoms with van der Waals surface area (Å²) in [6.07, 6.45) is 0. The van der Waals surface area contributed by atoms with Crippen molar-refractivity contribution in [2.45, 2.75) is 12.4 Å². The Kier molecular flexibility index (Phi) is 3.44. The van der Waals surface area contributed by atoms with Crippen molar-refractivity contribution in [3.63, 3.8) is 0 Å². The first-order chi connectivity index (χ1) is 6.19. The molecule has 0 aromatic rings. The monoisotopic (exact) mass is 204 g/mol. The smallest absolute Gasteiger partial charge is 0.296 e. The first-order valence-electron chi connectivity index (χ1n) is 3.89. The van der Waals surface area contributed by atoms with Crippen LogP contribution in [-0.2, 0) is 9.53 Å². The van der Waals surface area contributed by atoms with E-state index in [9.17, 15) is 9.90 Å². The lowest BCUT2D eigenvalue weighted by Gasteiger charge is -2.04. The van der Waals surface area contributed by atoms with Crippen molar-refractivity contribution < 1.29 is 14.6 Å². The minimum absolute atomic E-state index is 0.190. The van der Waals surface area contributed by atoms with Crippen molar-refractivity contribution >= 4 is 17.7 Å². The lowest BCUT2D eigenvalue weighted by molar-refractivity contribution is -0.117. The van der Waals surface area contributed by atoms with Crippen molar-refractivity contribution in [2.24, 2.45) is 0 Å². The van der Waals surface area contributed by atoms with Crippen LogP contribution >= 0.6 is 11.8 Å². The number of amides is 1. The highest BCUT2D eigenvalue weighted by molar-refractivity contribution is 8.05. The quantitative estimate of drug-likeness (QED) is 0.450. The summed E-state index contributed by atoms with van der Waals surface area (Å²) in [6.45, 7) is 2.08. The van der Waals surface area contributed by atoms with Crippen LogP contribution < -0.4 is 10.6 Å². The molecule has 1 aliphatic heterocycles. The lowest BCUT2D eigenvalue weighted by atomic mass is 10.5. The molecule has 5 nitrogen and oxygen atoms in total. The fraction of sp³-hybridized carbons (Fsp3) is 0.571. The van der Waals surface area contributed by atoms with Crippen LogP contribution in [0.4, 0.5) is 0 Å². The van der Waals surface area contributed by atoms with Crippen LogP contribution in [0.25, 0.3) is 0 Å². The van der Waals surface area contributed by atoms with Gasteiger partial charge in [0.05, 0.1) is 6.61 Å². The SMILES string of the molecule is CCOC(O)=C1SC(NC)NC1=O. The molecule has 0 aliphatic carbocycles. The second-order valence-electron chi connectivity index (χ2n) is 2.33. The molecule has 1 heterocycles. The second kappa shape index (κ2) is 4.38. The fourth-order valence-corrected chi connectivity index (χ4v) is 1.71. The van der Waals surface area contributed by atoms with Crippen molar-refractivity contribution in [3.05, 3.63) is 10.9 Å². The normalized spacial score (nSPS) is 25.7. The van der Waals surface area contributed by atoms with Gasteiger partial charge in [-0.2, -0.15) is 0 Å². The predicted octanol–water partition coefficient (Wildman–Crippen LogP) is 0.116. The maximum Gasteiger partial charge on any atom is 0.296 e. The molecule has 3 N–H and O–H groups in total. The van der Waals surface area contributed by atoms with E-state index in [0.717, 1.165) is 0 Å². The Morgan fingerprint density at radius 1 is 1.85 bits per heavy atom. The van der Waals surface area contributed by atoms with Crippen LogP contribution in [0.3, 0.4) is 0 Å². The van der Waals surface area contributed by atoms with Gasteiger partial charge < -0.3 is 15.2 Å². The summed E-state index contributed by atoms with van der Waals surface area (Å²) < 4.78 is 4.81. The third-order valence-electron chi connectivity index (χ3n) is 1.44. The molecule has 0 aromatic heterocycles. The van der Waals surface area contributed by atoms with E-state index in [1.807, 2.05) is 0 Å². The molecule has 1 aliphatic rings. The largest absolute Gasteiger partial charge is 0.480 e. The molecule has 1 atom stereocenters. The van der Waals surface area contributed by atoms with Crippen molar-refractivity contribution in [1.82, 2.24) is 10.6 Å². The van der Waals surface area contributed by atoms with Gasteiger partial charge in [-0.25, -0.2) is 0 Å². The van der Waals surface area contributed by atoms with E-state index in [2.05, 4.69) is 10.6 Å². The molecule has 13 heavy (non-hydrogen) atoms. The number of aliphatic hydroxyl groups is 1. The number of carbonyl (C=O) groups is 1. The fourth-order valence-electron chi connectivity index (χ4n) is 0.866. The Balaban J connectivity index is 2.70. The third-order valence-corrected chi connectivity index (χ3v) is 2.63. The molecular weight excluding hydrogens is 192 g/mol. The summed E-state index contributed by atoms with van der Waals surface area (Å²) in [6, 6.07) is 0. The molecule has 1 fully saturated rings. The number of hydrogen-bond acceptors (Lipinski definition) is 5. The van der Waals surface area contributed by atoms with E-state index in [0.29, 0.717) is 6.61 Å². The van der Waals surface area contributed by atoms with Gasteiger partial charge in [0.15, 0.2) is 4.91 Å². The predicted molar refractivity (Wildman–Crippen MR) is 49.9 cm³/mol. The van der Waals surface area contributed by atoms with Gasteiger partial charge in [0.1, 0.15) is 5.50 Å². The molecule has 0 aromatic carbocycles. The minimum atomic E-state index is -0.310. The van der Waals surface area contributed by atoms with E-state index < -0.39 is 0 Å². The highest BCUT2D eigenvalue weighted by Crippen LogP contribution is 2.27. The Labute approximate surface area is 80.5 Å². The zero-order chi connectivity index (χ0) is 9.84. The zero-order valence-electron chi connectivity index (χ0n) is 7.46. The van der Waals surface area contributed by atoms with Crippen LogP contribution in [0.15, 0.2) is 10.9 Å². The van der Waals surface area contributed by atoms with Crippen LogP contribution in [0.2, 0.25) is 0 Å². The number of rotatable bonds is 3. The van der Waals surface area contributed by atoms with E-state index in [1.54, 1.807) is 14.0 Å². The molecule has 1 amide bonds. The minimum Gasteiger partial charge on any atom is -0.480 e. The highest BCUT2D eigenvalue weighted by atomic mass is 32.2. The summed E-state index contributed by atoms with van der Waals surface area (Å²) in [7, 11) is 1.72. The molecular formula is C7H12N2O3S. The molecule has 0 bridgehead atoms. The first kappa shape index (κ1) is 10.2. The van der Waals surface area contributed by atoms with Gasteiger partial charge in [-0.1, -0.05) is 11.8 Å². The first-order valence-corrected chi connectivity index (χ1v) is 4.77. The summed E-state index contributed by atoms with van der Waals surface area (Å²) in [4.78, 5) is 11.4. The van der Waals surface area contributed by atoms with Crippen molar-refractivity contribution in [1.29, 1.82) is 0 Å². The molecule has 6 heteroatoms. The van der Waals surface area contributed by atoms with Crippen LogP contribution in [0.1, 0.15) is 6.92 Å². The number of ether oxygens (including phenoxy) is 1. The topological polar surface area (TPSA) is 70.6 Å². The number of nitrogens with one attached hydrogen (secondary N) is 2. The number of carbonyl (C=O) groups excluding carboxylic acids is 1. The molecule has 0 saturated carbocycles. The summed E-state index contributed by atoms with van der Waals surface area (Å²) in [5.74, 6) is -0.613. The Bertz CT molecular complexity index is 242. The molecule has 0 spiro atoms. The second-order valence-corrected chi connectivity index (χ2v) is 3.44. The van der Waals surface area contributed by atoms with Gasteiger partial charge in [-0.3, -0.25) is 10.1 Å². The lowest BCUT2D eigenvalue weighted by Crippen LogP contribution is -2.34. The third kappa shape index (κ3) is 2.28. The average molecular weight is 204 g/mol. The Morgan fingerprint density at radius 3 is 3.00 bits per heavy atom. The van der Waals surface area contributed by atoms with Crippen molar-refractivity contribution in [3.8, 4) is 0 Å². The average Bonchev–Trinajstić information content (AvgIpc) is 2.47. The van der Waals surface area contributed by atoms with E-state index in [1.165, 1.54) is 11.8 Å². The van der Waals surface area contributed by atoms with Gasteiger partial charge in [-0.05, 0) is 14.0 Å². The van der Waals surface area contributed by atoms with Gasteiger partial charge in [0.25, 0.3) is 11.9 Å². The highest BCUT2D eigenvalue weighted by Gasteiger charge is 2.30.